The first-order valence-electron chi connectivity index (χ1n) is 10.4. The third-order valence-corrected chi connectivity index (χ3v) is 6.84. The molecule has 0 radical (unpaired) electrons. The van der Waals surface area contributed by atoms with E-state index in [4.69, 9.17) is 11.6 Å². The van der Waals surface area contributed by atoms with Gasteiger partial charge in [0.25, 0.3) is 11.3 Å². The van der Waals surface area contributed by atoms with Crippen LogP contribution in [0.3, 0.4) is 0 Å². The summed E-state index contributed by atoms with van der Waals surface area (Å²) in [4.78, 5) is 54.1. The maximum atomic E-state index is 13.1. The van der Waals surface area contributed by atoms with Crippen LogP contribution in [0.5, 0.6) is 0 Å². The van der Waals surface area contributed by atoms with Crippen LogP contribution in [0.2, 0.25) is 5.02 Å². The molecule has 0 aliphatic carbocycles. The summed E-state index contributed by atoms with van der Waals surface area (Å²) in [5.74, 6) is -1.88. The van der Waals surface area contributed by atoms with Crippen LogP contribution in [0.1, 0.15) is 0 Å². The number of ketones is 1. The summed E-state index contributed by atoms with van der Waals surface area (Å²) in [6, 6.07) is 7.71. The molecule has 0 N–H and O–H groups in total. The molecule has 1 aromatic carbocycles. The highest BCUT2D eigenvalue weighted by atomic mass is 35.5. The van der Waals surface area contributed by atoms with Gasteiger partial charge in [-0.2, -0.15) is 0 Å². The first-order valence-corrected chi connectivity index (χ1v) is 11.7. The third-order valence-electron chi connectivity index (χ3n) is 5.79. The number of hydrogen-bond acceptors (Lipinski definition) is 8. The monoisotopic (exact) mass is 490 g/mol. The van der Waals surface area contributed by atoms with Crippen LogP contribution in [0.15, 0.2) is 44.6 Å². The molecule has 9 nitrogen and oxygen atoms in total. The van der Waals surface area contributed by atoms with Crippen molar-refractivity contribution >= 4 is 51.3 Å². The highest BCUT2D eigenvalue weighted by Crippen LogP contribution is 2.26. The normalized spacial score (nSPS) is 14.5. The van der Waals surface area contributed by atoms with E-state index in [0.717, 1.165) is 43.5 Å². The minimum atomic E-state index is -1.03. The van der Waals surface area contributed by atoms with E-state index in [1.54, 1.807) is 10.8 Å². The summed E-state index contributed by atoms with van der Waals surface area (Å²) in [6.07, 6.45) is 0. The van der Waals surface area contributed by atoms with Gasteiger partial charge in [0.1, 0.15) is 0 Å². The summed E-state index contributed by atoms with van der Waals surface area (Å²) >= 11 is 7.56. The lowest BCUT2D eigenvalue weighted by atomic mass is 10.2. The minimum absolute atomic E-state index is 0.183. The number of ether oxygens (including phenoxy) is 1. The van der Waals surface area contributed by atoms with Crippen molar-refractivity contribution in [2.75, 3.05) is 44.7 Å². The second-order valence-electron chi connectivity index (χ2n) is 7.69. The molecule has 0 bridgehead atoms. The van der Waals surface area contributed by atoms with Gasteiger partial charge < -0.3 is 9.64 Å². The van der Waals surface area contributed by atoms with Gasteiger partial charge in [0.2, 0.25) is 0 Å². The second kappa shape index (κ2) is 9.90. The van der Waals surface area contributed by atoms with Gasteiger partial charge in [-0.25, -0.2) is 9.59 Å². The Morgan fingerprint density at radius 2 is 1.76 bits per heavy atom. The number of carbonyl (C=O) groups is 2. The maximum absolute atomic E-state index is 13.1. The van der Waals surface area contributed by atoms with E-state index in [1.165, 1.54) is 15.9 Å². The lowest BCUT2D eigenvalue weighted by Gasteiger charge is -2.36. The number of anilines is 1. The van der Waals surface area contributed by atoms with Crippen LogP contribution in [0.4, 0.5) is 5.69 Å². The third kappa shape index (κ3) is 4.73. The number of halogens is 1. The topological polar surface area (TPSA) is 93.8 Å². The number of aromatic nitrogens is 2. The molecule has 1 aliphatic heterocycles. The number of nitrogens with zero attached hydrogens (tertiary/aromatic N) is 4. The van der Waals surface area contributed by atoms with E-state index in [2.05, 4.69) is 14.5 Å². The van der Waals surface area contributed by atoms with Crippen LogP contribution in [-0.2, 0) is 27.4 Å². The first kappa shape index (κ1) is 23.2. The average Bonchev–Trinajstić information content (AvgIpc) is 3.32. The van der Waals surface area contributed by atoms with E-state index in [-0.39, 0.29) is 6.54 Å². The first-order chi connectivity index (χ1) is 15.9. The summed E-state index contributed by atoms with van der Waals surface area (Å²) in [6.45, 7) is 3.29. The molecular formula is C22H23ClN4O5S. The predicted octanol–water partition coefficient (Wildman–Crippen LogP) is 1.44. The molecule has 0 unspecified atom stereocenters. The maximum Gasteiger partial charge on any atom is 0.376 e. The molecule has 1 fully saturated rings. The Morgan fingerprint density at radius 1 is 1.03 bits per heavy atom. The fourth-order valence-corrected chi connectivity index (χ4v) is 5.04. The van der Waals surface area contributed by atoms with Crippen molar-refractivity contribution in [1.82, 2.24) is 14.0 Å². The summed E-state index contributed by atoms with van der Waals surface area (Å²) < 4.78 is 6.77. The van der Waals surface area contributed by atoms with Crippen molar-refractivity contribution in [3.05, 3.63) is 60.9 Å². The van der Waals surface area contributed by atoms with Crippen molar-refractivity contribution in [2.24, 2.45) is 0 Å². The predicted molar refractivity (Wildman–Crippen MR) is 127 cm³/mol. The van der Waals surface area contributed by atoms with Gasteiger partial charge in [0.15, 0.2) is 0 Å². The van der Waals surface area contributed by atoms with E-state index < -0.39 is 29.5 Å². The highest BCUT2D eigenvalue weighted by molar-refractivity contribution is 7.09. The Balaban J connectivity index is 1.50. The SMILES string of the molecule is COC(=O)C(=O)Cn1c(=O)n(CCN2CCN(c3ccccc3Cl)CC2)c(=O)c2cscc21. The molecule has 0 amide bonds. The zero-order valence-electron chi connectivity index (χ0n) is 18.0. The lowest BCUT2D eigenvalue weighted by molar-refractivity contribution is -0.151. The summed E-state index contributed by atoms with van der Waals surface area (Å²) in [5.41, 5.74) is 0.332. The van der Waals surface area contributed by atoms with Crippen molar-refractivity contribution in [2.45, 2.75) is 13.1 Å². The Hall–Kier alpha value is -2.95. The Bertz CT molecular complexity index is 1310. The number of rotatable bonds is 7. The average molecular weight is 491 g/mol. The fraction of sp³-hybridized carbons (Fsp3) is 0.364. The summed E-state index contributed by atoms with van der Waals surface area (Å²) in [5, 5.41) is 4.33. The lowest BCUT2D eigenvalue weighted by Crippen LogP contribution is -2.49. The van der Waals surface area contributed by atoms with Crippen molar-refractivity contribution in [3.63, 3.8) is 0 Å². The van der Waals surface area contributed by atoms with Gasteiger partial charge in [-0.3, -0.25) is 23.6 Å². The molecule has 4 rings (SSSR count). The molecule has 3 heterocycles. The van der Waals surface area contributed by atoms with Gasteiger partial charge in [0, 0.05) is 50.0 Å². The van der Waals surface area contributed by atoms with E-state index in [9.17, 15) is 19.2 Å². The van der Waals surface area contributed by atoms with Crippen molar-refractivity contribution < 1.29 is 14.3 Å². The molecule has 33 heavy (non-hydrogen) atoms. The number of piperazine rings is 1. The van der Waals surface area contributed by atoms with E-state index in [1.807, 2.05) is 24.3 Å². The fourth-order valence-electron chi connectivity index (χ4n) is 3.97. The number of esters is 1. The molecule has 2 aromatic heterocycles. The Morgan fingerprint density at radius 3 is 2.45 bits per heavy atom. The molecule has 11 heteroatoms. The molecule has 0 saturated carbocycles. The van der Waals surface area contributed by atoms with Gasteiger partial charge in [0.05, 0.1) is 35.3 Å². The van der Waals surface area contributed by atoms with Crippen LogP contribution in [0, 0.1) is 0 Å². The number of thiophene rings is 1. The zero-order chi connectivity index (χ0) is 23.5. The summed E-state index contributed by atoms with van der Waals surface area (Å²) in [7, 11) is 1.11. The van der Waals surface area contributed by atoms with Crippen molar-refractivity contribution in [1.29, 1.82) is 0 Å². The molecule has 1 saturated heterocycles. The smallest absolute Gasteiger partial charge is 0.376 e. The Labute approximate surface area is 198 Å². The van der Waals surface area contributed by atoms with Gasteiger partial charge in [-0.15, -0.1) is 11.3 Å². The molecule has 0 atom stereocenters. The number of fused-ring (bicyclic) bond motifs is 1. The number of carbonyl (C=O) groups excluding carboxylic acids is 2. The second-order valence-corrected chi connectivity index (χ2v) is 8.84. The molecular weight excluding hydrogens is 468 g/mol. The van der Waals surface area contributed by atoms with E-state index >= 15 is 0 Å². The molecule has 1 aliphatic rings. The number of Topliss-reactive ketones (excluding diaryl/α,β-unsaturated/α-hetero) is 1. The number of methoxy groups -OCH3 is 1. The zero-order valence-corrected chi connectivity index (χ0v) is 19.6. The Kier molecular flexibility index (Phi) is 6.96. The minimum Gasteiger partial charge on any atom is -0.463 e. The van der Waals surface area contributed by atoms with Gasteiger partial charge in [-0.05, 0) is 12.1 Å². The van der Waals surface area contributed by atoms with Gasteiger partial charge >= 0.3 is 11.7 Å². The molecule has 174 valence electrons. The molecule has 3 aromatic rings. The van der Waals surface area contributed by atoms with Crippen molar-refractivity contribution in [3.8, 4) is 0 Å². The largest absolute Gasteiger partial charge is 0.463 e. The van der Waals surface area contributed by atoms with Crippen LogP contribution in [-0.4, -0.2) is 65.6 Å². The van der Waals surface area contributed by atoms with E-state index in [0.29, 0.717) is 22.5 Å². The molecule has 0 spiro atoms. The quantitative estimate of drug-likeness (QED) is 0.365. The number of benzene rings is 1. The van der Waals surface area contributed by atoms with Crippen LogP contribution < -0.4 is 16.1 Å². The number of para-hydroxylation sites is 1. The van der Waals surface area contributed by atoms with Crippen LogP contribution in [0.25, 0.3) is 10.9 Å². The van der Waals surface area contributed by atoms with Crippen LogP contribution >= 0.6 is 22.9 Å². The number of hydrogen-bond donors (Lipinski definition) is 0. The standard InChI is InChI=1S/C22H23ClN4O5S/c1-32-21(30)19(28)12-27-18-14-33-13-15(18)20(29)26(22(27)31)11-8-24-6-9-25(10-7-24)17-5-3-2-4-16(17)23/h2-5,13-14H,6-12H2,1H3. The highest BCUT2D eigenvalue weighted by Gasteiger charge is 2.22. The van der Waals surface area contributed by atoms with Gasteiger partial charge in [-0.1, -0.05) is 23.7 Å².